The molecule has 0 spiro atoms. The van der Waals surface area contributed by atoms with Crippen molar-refractivity contribution in [3.8, 4) is 0 Å². The molecule has 1 amide bonds. The summed E-state index contributed by atoms with van der Waals surface area (Å²) >= 11 is 0. The van der Waals surface area contributed by atoms with Crippen molar-refractivity contribution >= 4 is 11.9 Å². The molecule has 0 aliphatic carbocycles. The van der Waals surface area contributed by atoms with E-state index in [2.05, 4.69) is 5.32 Å². The molecule has 4 heteroatoms. The molecule has 0 aromatic heterocycles. The number of amides is 1. The summed E-state index contributed by atoms with van der Waals surface area (Å²) in [5.41, 5.74) is -0.701. The lowest BCUT2D eigenvalue weighted by Crippen LogP contribution is -2.53. The van der Waals surface area contributed by atoms with Crippen LogP contribution in [0.3, 0.4) is 0 Å². The first-order chi connectivity index (χ1) is 8.05. The zero-order valence-electron chi connectivity index (χ0n) is 10.1. The fourth-order valence-electron chi connectivity index (χ4n) is 1.66. The van der Waals surface area contributed by atoms with E-state index in [9.17, 15) is 14.7 Å². The quantitative estimate of drug-likeness (QED) is 0.821. The topological polar surface area (TPSA) is 66.4 Å². The fraction of sp³-hybridized carbons (Fsp3) is 0.385. The van der Waals surface area contributed by atoms with Crippen LogP contribution < -0.4 is 5.32 Å². The van der Waals surface area contributed by atoms with Gasteiger partial charge in [-0.3, -0.25) is 4.79 Å². The van der Waals surface area contributed by atoms with E-state index in [-0.39, 0.29) is 5.91 Å². The molecule has 17 heavy (non-hydrogen) atoms. The normalized spacial score (nSPS) is 10.9. The molecule has 0 saturated heterocycles. The maximum Gasteiger partial charge on any atom is 0.329 e. The predicted octanol–water partition coefficient (Wildman–Crippen LogP) is 2.06. The van der Waals surface area contributed by atoms with E-state index in [1.807, 2.05) is 0 Å². The Hall–Kier alpha value is -1.84. The Morgan fingerprint density at radius 2 is 1.71 bits per heavy atom. The van der Waals surface area contributed by atoms with E-state index in [0.717, 1.165) is 0 Å². The highest BCUT2D eigenvalue weighted by atomic mass is 16.4. The third-order valence-corrected chi connectivity index (χ3v) is 3.01. The number of rotatable bonds is 5. The van der Waals surface area contributed by atoms with Crippen LogP contribution in [0, 0.1) is 0 Å². The maximum atomic E-state index is 11.9. The van der Waals surface area contributed by atoms with Gasteiger partial charge in [0.05, 0.1) is 0 Å². The van der Waals surface area contributed by atoms with Crippen LogP contribution in [0.4, 0.5) is 0 Å². The Bertz CT molecular complexity index is 396. The number of carboxylic acid groups (broad SMARTS) is 1. The third kappa shape index (κ3) is 2.84. The molecule has 0 heterocycles. The molecular formula is C13H17NO3. The van der Waals surface area contributed by atoms with Gasteiger partial charge in [-0.05, 0) is 25.0 Å². The van der Waals surface area contributed by atoms with E-state index in [0.29, 0.717) is 18.4 Å². The Morgan fingerprint density at radius 1 is 1.18 bits per heavy atom. The highest BCUT2D eigenvalue weighted by molar-refractivity contribution is 5.97. The van der Waals surface area contributed by atoms with Crippen LogP contribution in [0.1, 0.15) is 37.0 Å². The van der Waals surface area contributed by atoms with Gasteiger partial charge in [-0.1, -0.05) is 32.0 Å². The second-order valence-electron chi connectivity index (χ2n) is 3.91. The SMILES string of the molecule is CCC(CC)(NC(=O)c1ccccc1)C(=O)O. The monoisotopic (exact) mass is 235 g/mol. The molecule has 1 aromatic rings. The molecule has 0 bridgehead atoms. The number of aliphatic carboxylic acids is 1. The third-order valence-electron chi connectivity index (χ3n) is 3.01. The summed E-state index contributed by atoms with van der Waals surface area (Å²) in [7, 11) is 0. The fourth-order valence-corrected chi connectivity index (χ4v) is 1.66. The van der Waals surface area contributed by atoms with Crippen molar-refractivity contribution in [2.75, 3.05) is 0 Å². The molecule has 0 fully saturated rings. The van der Waals surface area contributed by atoms with Crippen LogP contribution >= 0.6 is 0 Å². The molecule has 0 aliphatic rings. The van der Waals surface area contributed by atoms with Crippen LogP contribution in [0.2, 0.25) is 0 Å². The van der Waals surface area contributed by atoms with Gasteiger partial charge in [-0.2, -0.15) is 0 Å². The minimum atomic E-state index is -1.17. The molecule has 0 saturated carbocycles. The van der Waals surface area contributed by atoms with Gasteiger partial charge in [-0.15, -0.1) is 0 Å². The van der Waals surface area contributed by atoms with Crippen LogP contribution in [-0.4, -0.2) is 22.5 Å². The first-order valence-electron chi connectivity index (χ1n) is 5.66. The number of hydrogen-bond donors (Lipinski definition) is 2. The molecule has 4 nitrogen and oxygen atoms in total. The summed E-state index contributed by atoms with van der Waals surface area (Å²) in [5.74, 6) is -1.34. The molecule has 92 valence electrons. The average molecular weight is 235 g/mol. The van der Waals surface area contributed by atoms with Crippen molar-refractivity contribution < 1.29 is 14.7 Å². The molecule has 1 rings (SSSR count). The van der Waals surface area contributed by atoms with Gasteiger partial charge >= 0.3 is 5.97 Å². The highest BCUT2D eigenvalue weighted by Crippen LogP contribution is 2.16. The number of hydrogen-bond acceptors (Lipinski definition) is 2. The van der Waals surface area contributed by atoms with Crippen LogP contribution in [0.5, 0.6) is 0 Å². The number of carboxylic acids is 1. The second kappa shape index (κ2) is 5.48. The van der Waals surface area contributed by atoms with Gasteiger partial charge in [-0.25, -0.2) is 4.79 Å². The zero-order chi connectivity index (χ0) is 12.9. The van der Waals surface area contributed by atoms with Crippen molar-refractivity contribution in [3.63, 3.8) is 0 Å². The van der Waals surface area contributed by atoms with Gasteiger partial charge in [0.25, 0.3) is 5.91 Å². The van der Waals surface area contributed by atoms with Crippen molar-refractivity contribution in [2.24, 2.45) is 0 Å². The Balaban J connectivity index is 2.89. The minimum Gasteiger partial charge on any atom is -0.480 e. The Labute approximate surface area is 101 Å². The predicted molar refractivity (Wildman–Crippen MR) is 64.9 cm³/mol. The summed E-state index contributed by atoms with van der Waals surface area (Å²) in [6.45, 7) is 3.51. The lowest BCUT2D eigenvalue weighted by molar-refractivity contribution is -0.144. The molecule has 0 radical (unpaired) electrons. The van der Waals surface area contributed by atoms with E-state index in [4.69, 9.17) is 0 Å². The molecule has 1 aromatic carbocycles. The number of benzene rings is 1. The summed E-state index contributed by atoms with van der Waals surface area (Å²) < 4.78 is 0. The summed E-state index contributed by atoms with van der Waals surface area (Å²) in [6, 6.07) is 8.62. The Kier molecular flexibility index (Phi) is 4.26. The first kappa shape index (κ1) is 13.2. The largest absolute Gasteiger partial charge is 0.480 e. The molecule has 0 unspecified atom stereocenters. The van der Waals surface area contributed by atoms with Crippen molar-refractivity contribution in [2.45, 2.75) is 32.2 Å². The smallest absolute Gasteiger partial charge is 0.329 e. The van der Waals surface area contributed by atoms with Crippen molar-refractivity contribution in [3.05, 3.63) is 35.9 Å². The van der Waals surface area contributed by atoms with E-state index >= 15 is 0 Å². The molecule has 2 N–H and O–H groups in total. The number of nitrogens with one attached hydrogen (secondary N) is 1. The summed E-state index contributed by atoms with van der Waals surface area (Å²) in [4.78, 5) is 23.1. The lowest BCUT2D eigenvalue weighted by atomic mass is 9.92. The molecule has 0 atom stereocenters. The first-order valence-corrected chi connectivity index (χ1v) is 5.66. The maximum absolute atomic E-state index is 11.9. The Morgan fingerprint density at radius 3 is 2.12 bits per heavy atom. The van der Waals surface area contributed by atoms with Crippen molar-refractivity contribution in [1.29, 1.82) is 0 Å². The van der Waals surface area contributed by atoms with Gasteiger partial charge in [0, 0.05) is 5.56 Å². The second-order valence-corrected chi connectivity index (χ2v) is 3.91. The number of carbonyl (C=O) groups excluding carboxylic acids is 1. The minimum absolute atomic E-state index is 0.350. The lowest BCUT2D eigenvalue weighted by Gasteiger charge is -2.28. The standard InChI is InChI=1S/C13H17NO3/c1-3-13(4-2,12(16)17)14-11(15)10-8-6-5-7-9-10/h5-9H,3-4H2,1-2H3,(H,14,15)(H,16,17). The van der Waals surface area contributed by atoms with Crippen LogP contribution in [0.15, 0.2) is 30.3 Å². The van der Waals surface area contributed by atoms with Crippen molar-refractivity contribution in [1.82, 2.24) is 5.32 Å². The van der Waals surface area contributed by atoms with Crippen LogP contribution in [-0.2, 0) is 4.79 Å². The van der Waals surface area contributed by atoms with E-state index < -0.39 is 11.5 Å². The van der Waals surface area contributed by atoms with E-state index in [1.165, 1.54) is 0 Å². The van der Waals surface area contributed by atoms with E-state index in [1.54, 1.807) is 44.2 Å². The summed E-state index contributed by atoms with van der Waals surface area (Å²) in [6.07, 6.45) is 0.717. The van der Waals surface area contributed by atoms with Crippen LogP contribution in [0.25, 0.3) is 0 Å². The molecular weight excluding hydrogens is 218 g/mol. The summed E-state index contributed by atoms with van der Waals surface area (Å²) in [5, 5.41) is 11.8. The van der Waals surface area contributed by atoms with Gasteiger partial charge in [0.2, 0.25) is 0 Å². The van der Waals surface area contributed by atoms with Gasteiger partial charge < -0.3 is 10.4 Å². The van der Waals surface area contributed by atoms with Gasteiger partial charge in [0.1, 0.15) is 5.54 Å². The average Bonchev–Trinajstić information content (AvgIpc) is 2.36. The zero-order valence-corrected chi connectivity index (χ0v) is 10.1. The van der Waals surface area contributed by atoms with Gasteiger partial charge in [0.15, 0.2) is 0 Å². The highest BCUT2D eigenvalue weighted by Gasteiger charge is 2.36. The number of carbonyl (C=O) groups is 2. The molecule has 0 aliphatic heterocycles.